The van der Waals surface area contributed by atoms with Crippen molar-refractivity contribution in [2.75, 3.05) is 6.54 Å². The van der Waals surface area contributed by atoms with Crippen molar-refractivity contribution in [2.24, 2.45) is 11.3 Å². The molecule has 9 nitrogen and oxygen atoms in total. The van der Waals surface area contributed by atoms with Crippen LogP contribution in [0.1, 0.15) is 25.7 Å². The summed E-state index contributed by atoms with van der Waals surface area (Å²) in [6.45, 7) is 1.01. The van der Waals surface area contributed by atoms with Crippen LogP contribution in [0.15, 0.2) is 15.6 Å². The van der Waals surface area contributed by atoms with E-state index in [1.165, 1.54) is 19.2 Å². The van der Waals surface area contributed by atoms with Gasteiger partial charge in [0.2, 0.25) is 17.6 Å². The second-order valence-corrected chi connectivity index (χ2v) is 6.17. The summed E-state index contributed by atoms with van der Waals surface area (Å²) in [7, 11) is 0. The van der Waals surface area contributed by atoms with Gasteiger partial charge in [-0.3, -0.25) is 19.0 Å². The Bertz CT molecular complexity index is 748. The van der Waals surface area contributed by atoms with Crippen molar-refractivity contribution in [3.8, 4) is 11.6 Å². The van der Waals surface area contributed by atoms with Crippen LogP contribution in [0.4, 0.5) is 0 Å². The number of hydrogen-bond donors (Lipinski definition) is 2. The van der Waals surface area contributed by atoms with Gasteiger partial charge in [-0.2, -0.15) is 0 Å². The minimum Gasteiger partial charge on any atom is -0.354 e. The number of nitrogens with zero attached hydrogens (tertiary/aromatic N) is 4. The molecule has 116 valence electrons. The maximum Gasteiger partial charge on any atom is 0.439 e. The second-order valence-electron chi connectivity index (χ2n) is 6.17. The van der Waals surface area contributed by atoms with E-state index in [2.05, 4.69) is 30.1 Å². The zero-order valence-corrected chi connectivity index (χ0v) is 11.9. The van der Waals surface area contributed by atoms with Crippen molar-refractivity contribution < 1.29 is 9.32 Å². The highest BCUT2D eigenvalue weighted by molar-refractivity contribution is 5.79. The molecule has 2 aliphatic carbocycles. The predicted octanol–water partition coefficient (Wildman–Crippen LogP) is -0.0722. The van der Waals surface area contributed by atoms with Gasteiger partial charge in [0.15, 0.2) is 0 Å². The first-order chi connectivity index (χ1) is 10.6. The van der Waals surface area contributed by atoms with Crippen LogP contribution in [0.2, 0.25) is 0 Å². The fourth-order valence-corrected chi connectivity index (χ4v) is 3.03. The third-order valence-electron chi connectivity index (χ3n) is 4.52. The van der Waals surface area contributed by atoms with Crippen molar-refractivity contribution in [1.29, 1.82) is 0 Å². The molecule has 0 aromatic carbocycles. The Labute approximate surface area is 125 Å². The summed E-state index contributed by atoms with van der Waals surface area (Å²) in [5, 5.41) is 10.6. The van der Waals surface area contributed by atoms with E-state index in [1.807, 2.05) is 0 Å². The molecule has 1 spiro atoms. The Morgan fingerprint density at radius 3 is 3.00 bits per heavy atom. The van der Waals surface area contributed by atoms with E-state index >= 15 is 0 Å². The topological polar surface area (TPSA) is 119 Å². The second kappa shape index (κ2) is 4.79. The first-order valence-electron chi connectivity index (χ1n) is 7.37. The molecule has 4 rings (SSSR count). The van der Waals surface area contributed by atoms with E-state index in [9.17, 15) is 9.59 Å². The van der Waals surface area contributed by atoms with Crippen LogP contribution in [0, 0.1) is 11.3 Å². The summed E-state index contributed by atoms with van der Waals surface area (Å²) in [5.41, 5.74) is 0.539. The lowest BCUT2D eigenvalue weighted by Gasteiger charge is -2.34. The van der Waals surface area contributed by atoms with Crippen LogP contribution >= 0.6 is 0 Å². The first-order valence-corrected chi connectivity index (χ1v) is 7.37. The molecular formula is C13H16N6O3. The molecule has 1 amide bonds. The highest BCUT2D eigenvalue weighted by Gasteiger charge is 2.54. The van der Waals surface area contributed by atoms with Crippen molar-refractivity contribution in [1.82, 2.24) is 30.2 Å². The molecule has 0 aliphatic heterocycles. The van der Waals surface area contributed by atoms with E-state index in [0.717, 1.165) is 12.8 Å². The molecule has 2 saturated carbocycles. The van der Waals surface area contributed by atoms with Crippen molar-refractivity contribution in [3.63, 3.8) is 0 Å². The normalized spacial score (nSPS) is 19.1. The van der Waals surface area contributed by atoms with Crippen LogP contribution in [-0.2, 0) is 11.3 Å². The molecule has 2 aliphatic rings. The van der Waals surface area contributed by atoms with Gasteiger partial charge in [-0.25, -0.2) is 9.78 Å². The molecular weight excluding hydrogens is 288 g/mol. The smallest absolute Gasteiger partial charge is 0.354 e. The molecule has 2 heterocycles. The Hall–Kier alpha value is -2.45. The average molecular weight is 304 g/mol. The van der Waals surface area contributed by atoms with Crippen molar-refractivity contribution in [3.05, 3.63) is 16.9 Å². The van der Waals surface area contributed by atoms with Crippen molar-refractivity contribution in [2.45, 2.75) is 32.2 Å². The van der Waals surface area contributed by atoms with E-state index in [1.54, 1.807) is 4.68 Å². The van der Waals surface area contributed by atoms with Crippen LogP contribution in [-0.4, -0.2) is 37.4 Å². The molecule has 0 radical (unpaired) electrons. The van der Waals surface area contributed by atoms with Crippen LogP contribution < -0.4 is 11.1 Å². The van der Waals surface area contributed by atoms with Gasteiger partial charge < -0.3 is 5.32 Å². The number of amides is 1. The van der Waals surface area contributed by atoms with E-state index in [0.29, 0.717) is 18.5 Å². The zero-order valence-electron chi connectivity index (χ0n) is 11.9. The fraction of sp³-hybridized carbons (Fsp3) is 0.615. The maximum atomic E-state index is 11.9. The Morgan fingerprint density at radius 2 is 2.32 bits per heavy atom. The molecule has 2 aromatic rings. The molecule has 0 atom stereocenters. The number of rotatable bonds is 5. The summed E-state index contributed by atoms with van der Waals surface area (Å²) in [5.74, 6) is 0.157. The van der Waals surface area contributed by atoms with Gasteiger partial charge in [0, 0.05) is 12.5 Å². The van der Waals surface area contributed by atoms with E-state index in [4.69, 9.17) is 0 Å². The van der Waals surface area contributed by atoms with Gasteiger partial charge in [-0.15, -0.1) is 5.10 Å². The number of carbonyl (C=O) groups excluding carboxylic acids is 1. The highest BCUT2D eigenvalue weighted by Crippen LogP contribution is 2.63. The molecule has 2 aromatic heterocycles. The van der Waals surface area contributed by atoms with Gasteiger partial charge >= 0.3 is 5.76 Å². The molecule has 0 unspecified atom stereocenters. The van der Waals surface area contributed by atoms with Gasteiger partial charge in [0.05, 0.1) is 6.54 Å². The number of aromatic amines is 1. The Balaban J connectivity index is 1.26. The minimum absolute atomic E-state index is 0.138. The van der Waals surface area contributed by atoms with Gasteiger partial charge in [0.25, 0.3) is 0 Å². The fourth-order valence-electron chi connectivity index (χ4n) is 3.03. The summed E-state index contributed by atoms with van der Waals surface area (Å²) in [6, 6.07) is 0. The maximum absolute atomic E-state index is 11.9. The molecule has 22 heavy (non-hydrogen) atoms. The van der Waals surface area contributed by atoms with Gasteiger partial charge in [-0.05, 0) is 31.1 Å². The molecule has 0 bridgehead atoms. The molecule has 2 N–H and O–H groups in total. The number of nitrogens with one attached hydrogen (secondary N) is 2. The SMILES string of the molecule is O=C(NCCn1cnc(-c2noc(=O)[nH]2)n1)C1CC2(CC2)C1. The predicted molar refractivity (Wildman–Crippen MR) is 73.5 cm³/mol. The van der Waals surface area contributed by atoms with Crippen LogP contribution in [0.5, 0.6) is 0 Å². The summed E-state index contributed by atoms with van der Waals surface area (Å²) < 4.78 is 5.99. The Kier molecular flexibility index (Phi) is 2.88. The minimum atomic E-state index is -0.646. The van der Waals surface area contributed by atoms with Gasteiger partial charge in [-0.1, -0.05) is 5.16 Å². The number of aromatic nitrogens is 5. The third kappa shape index (κ3) is 2.42. The highest BCUT2D eigenvalue weighted by atomic mass is 16.5. The monoisotopic (exact) mass is 304 g/mol. The molecule has 2 fully saturated rings. The summed E-state index contributed by atoms with van der Waals surface area (Å²) >= 11 is 0. The van der Waals surface area contributed by atoms with Gasteiger partial charge in [0.1, 0.15) is 6.33 Å². The van der Waals surface area contributed by atoms with Crippen molar-refractivity contribution >= 4 is 5.91 Å². The standard InChI is InChI=1S/C13H16N6O3/c20-11(8-5-13(6-8)1-2-13)14-3-4-19-7-15-9(17-19)10-16-12(21)22-18-10/h7-8H,1-6H2,(H,14,20)(H,16,18,21). The van der Waals surface area contributed by atoms with Crippen LogP contribution in [0.25, 0.3) is 11.6 Å². The average Bonchev–Trinajstić information content (AvgIpc) is 2.94. The Morgan fingerprint density at radius 1 is 1.50 bits per heavy atom. The quantitative estimate of drug-likeness (QED) is 0.798. The lowest BCUT2D eigenvalue weighted by Crippen LogP contribution is -2.40. The number of hydrogen-bond acceptors (Lipinski definition) is 6. The summed E-state index contributed by atoms with van der Waals surface area (Å²) in [4.78, 5) is 29.2. The number of carbonyl (C=O) groups is 1. The first kappa shape index (κ1) is 13.2. The van der Waals surface area contributed by atoms with E-state index in [-0.39, 0.29) is 23.5 Å². The zero-order chi connectivity index (χ0) is 15.2. The van der Waals surface area contributed by atoms with Crippen LogP contribution in [0.3, 0.4) is 0 Å². The molecule has 9 heteroatoms. The summed E-state index contributed by atoms with van der Waals surface area (Å²) in [6.07, 6.45) is 6.21. The van der Waals surface area contributed by atoms with E-state index < -0.39 is 5.76 Å². The largest absolute Gasteiger partial charge is 0.439 e. The number of H-pyrrole nitrogens is 1. The lowest BCUT2D eigenvalue weighted by molar-refractivity contribution is -0.129. The lowest BCUT2D eigenvalue weighted by atomic mass is 9.71. The molecule has 0 saturated heterocycles. The third-order valence-corrected chi connectivity index (χ3v) is 4.52.